The van der Waals surface area contributed by atoms with E-state index in [-0.39, 0.29) is 29.3 Å². The van der Waals surface area contributed by atoms with Crippen LogP contribution in [0.5, 0.6) is 0 Å². The normalized spacial score (nSPS) is 10.3. The molecule has 7 heteroatoms. The van der Waals surface area contributed by atoms with E-state index in [2.05, 4.69) is 16.8 Å². The van der Waals surface area contributed by atoms with Crippen LogP contribution < -0.4 is 16.9 Å². The Hall–Kier alpha value is -3.66. The lowest BCUT2D eigenvalue weighted by Crippen LogP contribution is -2.25. The number of aromatic nitrogens is 3. The maximum atomic E-state index is 13.7. The Bertz CT molecular complexity index is 1200. The first-order chi connectivity index (χ1) is 12.9. The van der Waals surface area contributed by atoms with Crippen molar-refractivity contribution < 1.29 is 4.39 Å². The monoisotopic (exact) mass is 364 g/mol. The Balaban J connectivity index is 2.32. The van der Waals surface area contributed by atoms with Gasteiger partial charge in [0.1, 0.15) is 5.82 Å². The van der Waals surface area contributed by atoms with Crippen molar-refractivity contribution in [2.24, 2.45) is 7.05 Å². The Morgan fingerprint density at radius 3 is 2.67 bits per heavy atom. The van der Waals surface area contributed by atoms with E-state index in [0.29, 0.717) is 11.1 Å². The number of anilines is 1. The van der Waals surface area contributed by atoms with Crippen molar-refractivity contribution in [1.82, 2.24) is 14.1 Å². The van der Waals surface area contributed by atoms with Crippen LogP contribution in [-0.2, 0) is 13.6 Å². The molecule has 0 atom stereocenters. The molecule has 0 fully saturated rings. The molecule has 0 bridgehead atoms. The lowest BCUT2D eigenvalue weighted by atomic mass is 10.0. The van der Waals surface area contributed by atoms with E-state index in [0.717, 1.165) is 0 Å². The van der Waals surface area contributed by atoms with Crippen molar-refractivity contribution >= 4 is 5.95 Å². The summed E-state index contributed by atoms with van der Waals surface area (Å²) in [7, 11) is 1.50. The summed E-state index contributed by atoms with van der Waals surface area (Å²) in [6, 6.07) is 8.65. The second-order valence-corrected chi connectivity index (χ2v) is 5.88. The molecule has 1 aromatic carbocycles. The lowest BCUT2D eigenvalue weighted by molar-refractivity contribution is 0.628. The molecule has 0 radical (unpaired) electrons. The van der Waals surface area contributed by atoms with Gasteiger partial charge in [0.15, 0.2) is 0 Å². The third-order valence-corrected chi connectivity index (χ3v) is 4.12. The molecule has 136 valence electrons. The van der Waals surface area contributed by atoms with Crippen LogP contribution >= 0.6 is 0 Å². The van der Waals surface area contributed by atoms with Crippen molar-refractivity contribution in [2.45, 2.75) is 13.5 Å². The highest BCUT2D eigenvalue weighted by Gasteiger charge is 2.18. The number of nitrogens with zero attached hydrogens (tertiary/aromatic N) is 3. The molecule has 27 heavy (non-hydrogen) atoms. The first kappa shape index (κ1) is 18.1. The van der Waals surface area contributed by atoms with E-state index in [9.17, 15) is 14.0 Å². The highest BCUT2D eigenvalue weighted by atomic mass is 19.1. The van der Waals surface area contributed by atoms with Gasteiger partial charge < -0.3 is 10.3 Å². The van der Waals surface area contributed by atoms with E-state index >= 15 is 0 Å². The Morgan fingerprint density at radius 2 is 1.96 bits per heavy atom. The van der Waals surface area contributed by atoms with Crippen molar-refractivity contribution in [3.63, 3.8) is 0 Å². The van der Waals surface area contributed by atoms with Crippen molar-refractivity contribution in [2.75, 3.05) is 5.73 Å². The molecule has 0 saturated heterocycles. The molecule has 2 heterocycles. The SMILES string of the molecule is CC#CCn1cc(-c2c(-c3cccc(F)c3)nc(N)n(C)c2=O)ccc1=O. The van der Waals surface area contributed by atoms with Crippen LogP contribution in [-0.4, -0.2) is 14.1 Å². The fourth-order valence-corrected chi connectivity index (χ4v) is 2.69. The van der Waals surface area contributed by atoms with Crippen LogP contribution in [0.4, 0.5) is 10.3 Å². The van der Waals surface area contributed by atoms with Gasteiger partial charge in [0, 0.05) is 30.4 Å². The molecule has 3 aromatic rings. The number of nitrogen functional groups attached to an aromatic ring is 1. The van der Waals surface area contributed by atoms with E-state index in [1.165, 1.54) is 46.5 Å². The summed E-state index contributed by atoms with van der Waals surface area (Å²) in [5, 5.41) is 0. The molecule has 0 aliphatic carbocycles. The van der Waals surface area contributed by atoms with Gasteiger partial charge in [0.25, 0.3) is 11.1 Å². The molecule has 0 saturated carbocycles. The number of halogens is 1. The number of nitrogens with two attached hydrogens (primary N) is 1. The molecule has 0 amide bonds. The average Bonchev–Trinajstić information content (AvgIpc) is 2.65. The minimum Gasteiger partial charge on any atom is -0.369 e. The van der Waals surface area contributed by atoms with E-state index < -0.39 is 11.4 Å². The fraction of sp³-hybridized carbons (Fsp3) is 0.150. The zero-order valence-corrected chi connectivity index (χ0v) is 14.9. The minimum absolute atomic E-state index is 0.00758. The number of hydrogen-bond donors (Lipinski definition) is 1. The zero-order valence-electron chi connectivity index (χ0n) is 14.9. The van der Waals surface area contributed by atoms with Crippen molar-refractivity contribution in [3.8, 4) is 34.2 Å². The van der Waals surface area contributed by atoms with Crippen LogP contribution in [0.25, 0.3) is 22.4 Å². The molecular formula is C20H17FN4O2. The highest BCUT2D eigenvalue weighted by Crippen LogP contribution is 2.28. The smallest absolute Gasteiger partial charge is 0.263 e. The van der Waals surface area contributed by atoms with Crippen molar-refractivity contribution in [3.05, 3.63) is 69.1 Å². The predicted octanol–water partition coefficient (Wildman–Crippen LogP) is 2.02. The minimum atomic E-state index is -0.456. The standard InChI is InChI=1S/C20H17FN4O2/c1-3-4-10-25-12-14(8-9-16(25)26)17-18(13-6-5-7-15(21)11-13)23-20(22)24(2)19(17)27/h5-9,11-12H,10H2,1-2H3,(H2,22,23). The van der Waals surface area contributed by atoms with Gasteiger partial charge in [-0.25, -0.2) is 9.37 Å². The van der Waals surface area contributed by atoms with Gasteiger partial charge >= 0.3 is 0 Å². The Kier molecular flexibility index (Phi) is 4.90. The molecule has 0 aliphatic rings. The Labute approximate surface area is 154 Å². The number of rotatable bonds is 3. The summed E-state index contributed by atoms with van der Waals surface area (Å²) in [5.74, 6) is 5.10. The molecule has 0 aliphatic heterocycles. The zero-order chi connectivity index (χ0) is 19.6. The first-order valence-electron chi connectivity index (χ1n) is 8.15. The van der Waals surface area contributed by atoms with Gasteiger partial charge in [-0.15, -0.1) is 5.92 Å². The summed E-state index contributed by atoms with van der Waals surface area (Å²) in [5.41, 5.74) is 6.58. The molecule has 2 N–H and O–H groups in total. The van der Waals surface area contributed by atoms with E-state index in [1.807, 2.05) is 0 Å². The lowest BCUT2D eigenvalue weighted by Gasteiger charge is -2.13. The van der Waals surface area contributed by atoms with Gasteiger partial charge in [-0.2, -0.15) is 0 Å². The number of pyridine rings is 1. The van der Waals surface area contributed by atoms with Gasteiger partial charge in [0.2, 0.25) is 5.95 Å². The summed E-state index contributed by atoms with van der Waals surface area (Å²) in [6.45, 7) is 1.87. The maximum Gasteiger partial charge on any atom is 0.263 e. The number of benzene rings is 1. The van der Waals surface area contributed by atoms with Crippen LogP contribution in [0.15, 0.2) is 52.2 Å². The molecule has 0 unspecified atom stereocenters. The van der Waals surface area contributed by atoms with Gasteiger partial charge in [-0.1, -0.05) is 18.1 Å². The third kappa shape index (κ3) is 3.51. The van der Waals surface area contributed by atoms with Gasteiger partial charge in [-0.3, -0.25) is 14.2 Å². The van der Waals surface area contributed by atoms with Crippen molar-refractivity contribution in [1.29, 1.82) is 0 Å². The van der Waals surface area contributed by atoms with Crippen LogP contribution in [0.1, 0.15) is 6.92 Å². The predicted molar refractivity (Wildman–Crippen MR) is 102 cm³/mol. The van der Waals surface area contributed by atoms with Crippen LogP contribution in [0.3, 0.4) is 0 Å². The summed E-state index contributed by atoms with van der Waals surface area (Å²) < 4.78 is 16.3. The maximum absolute atomic E-state index is 13.7. The Morgan fingerprint density at radius 1 is 1.19 bits per heavy atom. The topological polar surface area (TPSA) is 82.9 Å². The second-order valence-electron chi connectivity index (χ2n) is 5.88. The largest absolute Gasteiger partial charge is 0.369 e. The molecule has 3 rings (SSSR count). The number of hydrogen-bond acceptors (Lipinski definition) is 4. The molecule has 0 spiro atoms. The first-order valence-corrected chi connectivity index (χ1v) is 8.15. The fourth-order valence-electron chi connectivity index (χ4n) is 2.69. The summed E-state index contributed by atoms with van der Waals surface area (Å²) in [6.07, 6.45) is 1.55. The van der Waals surface area contributed by atoms with Crippen LogP contribution in [0.2, 0.25) is 0 Å². The average molecular weight is 364 g/mol. The van der Waals surface area contributed by atoms with Crippen LogP contribution in [0, 0.1) is 17.7 Å². The van der Waals surface area contributed by atoms with E-state index in [4.69, 9.17) is 5.73 Å². The summed E-state index contributed by atoms with van der Waals surface area (Å²) >= 11 is 0. The summed E-state index contributed by atoms with van der Waals surface area (Å²) in [4.78, 5) is 29.2. The highest BCUT2D eigenvalue weighted by molar-refractivity contribution is 5.80. The quantitative estimate of drug-likeness (QED) is 0.721. The molecular weight excluding hydrogens is 347 g/mol. The molecule has 6 nitrogen and oxygen atoms in total. The van der Waals surface area contributed by atoms with Gasteiger partial charge in [-0.05, 0) is 25.1 Å². The third-order valence-electron chi connectivity index (χ3n) is 4.12. The van der Waals surface area contributed by atoms with Gasteiger partial charge in [0.05, 0.1) is 17.8 Å². The van der Waals surface area contributed by atoms with E-state index in [1.54, 1.807) is 19.2 Å². The molecule has 2 aromatic heterocycles. The second kappa shape index (κ2) is 7.30.